The minimum Gasteiger partial charge on any atom is -0.381 e. The fourth-order valence-corrected chi connectivity index (χ4v) is 2.77. The van der Waals surface area contributed by atoms with Crippen LogP contribution >= 0.6 is 11.3 Å². The lowest BCUT2D eigenvalue weighted by atomic mass is 10.1. The van der Waals surface area contributed by atoms with Crippen LogP contribution in [0.3, 0.4) is 0 Å². The summed E-state index contributed by atoms with van der Waals surface area (Å²) in [5.74, 6) is 0. The van der Waals surface area contributed by atoms with Crippen LogP contribution in [0.2, 0.25) is 0 Å². The highest BCUT2D eigenvalue weighted by Crippen LogP contribution is 2.16. The fraction of sp³-hybridized carbons (Fsp3) is 0.667. The molecule has 2 rings (SSSR count). The van der Waals surface area contributed by atoms with Gasteiger partial charge < -0.3 is 10.1 Å². The number of hydrogen-bond acceptors (Lipinski definition) is 3. The summed E-state index contributed by atoms with van der Waals surface area (Å²) in [5.41, 5.74) is 0. The van der Waals surface area contributed by atoms with Gasteiger partial charge in [-0.2, -0.15) is 0 Å². The average molecular weight is 225 g/mol. The molecule has 0 spiro atoms. The van der Waals surface area contributed by atoms with Crippen molar-refractivity contribution < 1.29 is 4.74 Å². The smallest absolute Gasteiger partial charge is 0.0480 e. The summed E-state index contributed by atoms with van der Waals surface area (Å²) in [6.45, 7) is 5.04. The zero-order chi connectivity index (χ0) is 10.5. The van der Waals surface area contributed by atoms with Gasteiger partial charge in [-0.15, -0.1) is 11.3 Å². The van der Waals surface area contributed by atoms with Gasteiger partial charge in [-0.1, -0.05) is 0 Å². The van der Waals surface area contributed by atoms with Gasteiger partial charge >= 0.3 is 0 Å². The molecule has 0 saturated carbocycles. The number of aryl methyl sites for hydroxylation is 1. The minimum atomic E-state index is 0.648. The molecule has 84 valence electrons. The Balaban J connectivity index is 1.76. The normalized spacial score (nSPS) is 22.6. The van der Waals surface area contributed by atoms with Crippen molar-refractivity contribution in [2.45, 2.75) is 38.8 Å². The summed E-state index contributed by atoms with van der Waals surface area (Å²) in [7, 11) is 0. The van der Waals surface area contributed by atoms with Crippen molar-refractivity contribution in [2.24, 2.45) is 0 Å². The molecule has 2 nitrogen and oxygen atoms in total. The van der Waals surface area contributed by atoms with E-state index < -0.39 is 0 Å². The molecule has 1 aliphatic heterocycles. The van der Waals surface area contributed by atoms with Crippen LogP contribution in [-0.4, -0.2) is 19.3 Å². The van der Waals surface area contributed by atoms with Gasteiger partial charge in [0.15, 0.2) is 0 Å². The van der Waals surface area contributed by atoms with E-state index in [1.807, 2.05) is 11.3 Å². The summed E-state index contributed by atoms with van der Waals surface area (Å²) in [5, 5.41) is 3.62. The van der Waals surface area contributed by atoms with Gasteiger partial charge in [0, 0.05) is 35.6 Å². The molecule has 15 heavy (non-hydrogen) atoms. The van der Waals surface area contributed by atoms with Crippen molar-refractivity contribution >= 4 is 11.3 Å². The van der Waals surface area contributed by atoms with E-state index in [4.69, 9.17) is 4.74 Å². The summed E-state index contributed by atoms with van der Waals surface area (Å²) < 4.78 is 5.44. The van der Waals surface area contributed by atoms with Crippen molar-refractivity contribution in [1.29, 1.82) is 0 Å². The van der Waals surface area contributed by atoms with Gasteiger partial charge in [0.1, 0.15) is 0 Å². The molecule has 1 aliphatic rings. The standard InChI is InChI=1S/C12H19NOS/c1-10-4-5-12(15-10)9-13-11-3-2-7-14-8-6-11/h4-5,11,13H,2-3,6-9H2,1H3. The van der Waals surface area contributed by atoms with Gasteiger partial charge in [0.05, 0.1) is 0 Å². The number of rotatable bonds is 3. The Hall–Kier alpha value is -0.380. The summed E-state index contributed by atoms with van der Waals surface area (Å²) in [6.07, 6.45) is 3.61. The molecule has 0 bridgehead atoms. The van der Waals surface area contributed by atoms with Crippen LogP contribution in [0.5, 0.6) is 0 Å². The zero-order valence-electron chi connectivity index (χ0n) is 9.29. The highest BCUT2D eigenvalue weighted by atomic mass is 32.1. The Bertz CT molecular complexity index is 290. The van der Waals surface area contributed by atoms with Crippen LogP contribution in [0.25, 0.3) is 0 Å². The van der Waals surface area contributed by atoms with E-state index in [1.54, 1.807) is 0 Å². The second kappa shape index (κ2) is 5.64. The van der Waals surface area contributed by atoms with E-state index in [0.717, 1.165) is 26.2 Å². The molecular weight excluding hydrogens is 206 g/mol. The molecule has 1 aromatic rings. The second-order valence-corrected chi connectivity index (χ2v) is 5.51. The average Bonchev–Trinajstić information content (AvgIpc) is 2.52. The van der Waals surface area contributed by atoms with Crippen LogP contribution < -0.4 is 5.32 Å². The lowest BCUT2D eigenvalue weighted by molar-refractivity contribution is 0.142. The van der Waals surface area contributed by atoms with Crippen LogP contribution in [-0.2, 0) is 11.3 Å². The predicted octanol–water partition coefficient (Wildman–Crippen LogP) is 2.72. The maximum Gasteiger partial charge on any atom is 0.0480 e. The fourth-order valence-electron chi connectivity index (χ4n) is 1.93. The van der Waals surface area contributed by atoms with Crippen LogP contribution in [0, 0.1) is 6.92 Å². The third kappa shape index (κ3) is 3.59. The maximum absolute atomic E-state index is 5.44. The summed E-state index contributed by atoms with van der Waals surface area (Å²) in [6, 6.07) is 5.06. The topological polar surface area (TPSA) is 21.3 Å². The number of ether oxygens (including phenoxy) is 1. The molecule has 0 aliphatic carbocycles. The van der Waals surface area contributed by atoms with E-state index >= 15 is 0 Å². The van der Waals surface area contributed by atoms with Crippen LogP contribution in [0.15, 0.2) is 12.1 Å². The molecule has 1 aromatic heterocycles. The molecule has 3 heteroatoms. The Morgan fingerprint density at radius 2 is 2.33 bits per heavy atom. The monoisotopic (exact) mass is 225 g/mol. The Morgan fingerprint density at radius 3 is 3.13 bits per heavy atom. The van der Waals surface area contributed by atoms with Crippen molar-refractivity contribution in [1.82, 2.24) is 5.32 Å². The molecule has 0 amide bonds. The Kier molecular flexibility index (Phi) is 4.18. The van der Waals surface area contributed by atoms with E-state index in [-0.39, 0.29) is 0 Å². The van der Waals surface area contributed by atoms with E-state index in [0.29, 0.717) is 6.04 Å². The molecule has 1 fully saturated rings. The number of nitrogens with one attached hydrogen (secondary N) is 1. The third-order valence-corrected chi connectivity index (χ3v) is 3.81. The van der Waals surface area contributed by atoms with Crippen molar-refractivity contribution in [3.63, 3.8) is 0 Å². The first-order valence-corrected chi connectivity index (χ1v) is 6.53. The van der Waals surface area contributed by atoms with Gasteiger partial charge in [-0.3, -0.25) is 0 Å². The van der Waals surface area contributed by atoms with Crippen molar-refractivity contribution in [2.75, 3.05) is 13.2 Å². The van der Waals surface area contributed by atoms with Crippen LogP contribution in [0.4, 0.5) is 0 Å². The zero-order valence-corrected chi connectivity index (χ0v) is 10.1. The summed E-state index contributed by atoms with van der Waals surface area (Å²) >= 11 is 1.89. The largest absolute Gasteiger partial charge is 0.381 e. The molecule has 2 heterocycles. The quantitative estimate of drug-likeness (QED) is 0.854. The van der Waals surface area contributed by atoms with Crippen molar-refractivity contribution in [3.05, 3.63) is 21.9 Å². The summed E-state index contributed by atoms with van der Waals surface area (Å²) in [4.78, 5) is 2.84. The molecule has 0 radical (unpaired) electrons. The highest BCUT2D eigenvalue weighted by Gasteiger charge is 2.11. The number of thiophene rings is 1. The lowest BCUT2D eigenvalue weighted by Gasteiger charge is -2.14. The van der Waals surface area contributed by atoms with Gasteiger partial charge in [0.2, 0.25) is 0 Å². The first-order valence-electron chi connectivity index (χ1n) is 5.71. The third-order valence-electron chi connectivity index (χ3n) is 2.81. The molecular formula is C12H19NOS. The van der Waals surface area contributed by atoms with Crippen LogP contribution in [0.1, 0.15) is 29.0 Å². The maximum atomic E-state index is 5.44. The first kappa shape index (κ1) is 11.1. The molecule has 1 saturated heterocycles. The molecule has 1 N–H and O–H groups in total. The van der Waals surface area contributed by atoms with E-state index in [2.05, 4.69) is 24.4 Å². The van der Waals surface area contributed by atoms with Gasteiger partial charge in [-0.25, -0.2) is 0 Å². The lowest BCUT2D eigenvalue weighted by Crippen LogP contribution is -2.28. The van der Waals surface area contributed by atoms with E-state index in [9.17, 15) is 0 Å². The minimum absolute atomic E-state index is 0.648. The molecule has 1 atom stereocenters. The molecule has 0 aromatic carbocycles. The Labute approximate surface area is 95.6 Å². The second-order valence-electron chi connectivity index (χ2n) is 4.13. The van der Waals surface area contributed by atoms with Crippen molar-refractivity contribution in [3.8, 4) is 0 Å². The highest BCUT2D eigenvalue weighted by molar-refractivity contribution is 7.11. The van der Waals surface area contributed by atoms with Gasteiger partial charge in [0.25, 0.3) is 0 Å². The first-order chi connectivity index (χ1) is 7.34. The Morgan fingerprint density at radius 1 is 1.40 bits per heavy atom. The number of hydrogen-bond donors (Lipinski definition) is 1. The SMILES string of the molecule is Cc1ccc(CNC2CCCOCC2)s1. The predicted molar refractivity (Wildman–Crippen MR) is 64.4 cm³/mol. The van der Waals surface area contributed by atoms with Gasteiger partial charge in [-0.05, 0) is 38.3 Å². The molecule has 1 unspecified atom stereocenters. The van der Waals surface area contributed by atoms with E-state index in [1.165, 1.54) is 22.6 Å².